The molecule has 2 atom stereocenters. The molecule has 5 heteroatoms. The van der Waals surface area contributed by atoms with Crippen LogP contribution in [0.15, 0.2) is 24.3 Å². The fourth-order valence-electron chi connectivity index (χ4n) is 3.18. The number of nitrogens with zero attached hydrogens (tertiary/aromatic N) is 1. The van der Waals surface area contributed by atoms with E-state index in [-0.39, 0.29) is 11.9 Å². The van der Waals surface area contributed by atoms with E-state index >= 15 is 0 Å². The van der Waals surface area contributed by atoms with Crippen LogP contribution >= 0.6 is 0 Å². The molecular weight excluding hydrogens is 292 g/mol. The second-order valence-corrected chi connectivity index (χ2v) is 6.13. The predicted octanol–water partition coefficient (Wildman–Crippen LogP) is 2.59. The van der Waals surface area contributed by atoms with Crippen molar-refractivity contribution in [3.05, 3.63) is 35.5 Å². The number of nitrogens with one attached hydrogen (secondary N) is 1. The number of methoxy groups -OCH3 is 1. The minimum atomic E-state index is -0.462. The molecule has 0 spiro atoms. The lowest BCUT2D eigenvalue weighted by atomic mass is 9.92. The average molecular weight is 314 g/mol. The zero-order chi connectivity index (χ0) is 16.4. The molecule has 1 aromatic heterocycles. The number of pyridine rings is 1. The summed E-state index contributed by atoms with van der Waals surface area (Å²) in [5.41, 5.74) is 2.13. The third-order valence-electron chi connectivity index (χ3n) is 4.43. The number of hydrogen-bond acceptors (Lipinski definition) is 4. The number of aryl methyl sites for hydroxylation is 1. The van der Waals surface area contributed by atoms with Crippen LogP contribution in [0.3, 0.4) is 0 Å². The molecule has 1 amide bonds. The van der Waals surface area contributed by atoms with E-state index in [9.17, 15) is 9.90 Å². The van der Waals surface area contributed by atoms with Crippen molar-refractivity contribution in [2.24, 2.45) is 0 Å². The second kappa shape index (κ2) is 6.54. The monoisotopic (exact) mass is 314 g/mol. The van der Waals surface area contributed by atoms with Crippen molar-refractivity contribution in [2.45, 2.75) is 44.8 Å². The largest absolute Gasteiger partial charge is 0.497 e. The lowest BCUT2D eigenvalue weighted by molar-refractivity contribution is 0.0718. The van der Waals surface area contributed by atoms with E-state index in [4.69, 9.17) is 4.74 Å². The number of carbonyl (C=O) groups is 1. The summed E-state index contributed by atoms with van der Waals surface area (Å²) in [5.74, 6) is 0.523. The molecule has 0 bridgehead atoms. The SMILES string of the molecule is COc1ccc2nc(C)cc(C(=O)NC3CCCCC3O)c2c1. The van der Waals surface area contributed by atoms with E-state index in [1.807, 2.05) is 25.1 Å². The normalized spacial score (nSPS) is 21.2. The lowest BCUT2D eigenvalue weighted by Crippen LogP contribution is -2.45. The van der Waals surface area contributed by atoms with Gasteiger partial charge in [0.2, 0.25) is 0 Å². The number of aromatic nitrogens is 1. The summed E-state index contributed by atoms with van der Waals surface area (Å²) < 4.78 is 5.25. The van der Waals surface area contributed by atoms with Crippen molar-refractivity contribution in [3.8, 4) is 5.75 Å². The van der Waals surface area contributed by atoms with Crippen molar-refractivity contribution in [3.63, 3.8) is 0 Å². The molecule has 1 aliphatic carbocycles. The van der Waals surface area contributed by atoms with Gasteiger partial charge in [-0.25, -0.2) is 0 Å². The van der Waals surface area contributed by atoms with Gasteiger partial charge in [0.15, 0.2) is 0 Å². The highest BCUT2D eigenvalue weighted by Crippen LogP contribution is 2.25. The van der Waals surface area contributed by atoms with E-state index in [1.165, 1.54) is 0 Å². The topological polar surface area (TPSA) is 71.5 Å². The lowest BCUT2D eigenvalue weighted by Gasteiger charge is -2.28. The van der Waals surface area contributed by atoms with Gasteiger partial charge < -0.3 is 15.2 Å². The van der Waals surface area contributed by atoms with Gasteiger partial charge in [-0.2, -0.15) is 0 Å². The summed E-state index contributed by atoms with van der Waals surface area (Å²) in [6.07, 6.45) is 3.15. The standard InChI is InChI=1S/C18H22N2O3/c1-11-9-14(13-10-12(23-2)7-8-15(13)19-11)18(22)20-16-5-3-4-6-17(16)21/h7-10,16-17,21H,3-6H2,1-2H3,(H,20,22). The summed E-state index contributed by atoms with van der Waals surface area (Å²) >= 11 is 0. The predicted molar refractivity (Wildman–Crippen MR) is 88.8 cm³/mol. The van der Waals surface area contributed by atoms with E-state index < -0.39 is 6.10 Å². The number of fused-ring (bicyclic) bond motifs is 1. The summed E-state index contributed by atoms with van der Waals surface area (Å²) in [5, 5.41) is 13.8. The van der Waals surface area contributed by atoms with E-state index in [0.29, 0.717) is 11.3 Å². The smallest absolute Gasteiger partial charge is 0.252 e. The Morgan fingerprint density at radius 1 is 1.30 bits per heavy atom. The maximum atomic E-state index is 12.7. The number of benzene rings is 1. The van der Waals surface area contributed by atoms with Gasteiger partial charge in [-0.3, -0.25) is 9.78 Å². The van der Waals surface area contributed by atoms with Gasteiger partial charge in [0.1, 0.15) is 5.75 Å². The summed E-state index contributed by atoms with van der Waals surface area (Å²) in [6, 6.07) is 7.13. The number of carbonyl (C=O) groups excluding carboxylic acids is 1. The molecule has 5 nitrogen and oxygen atoms in total. The quantitative estimate of drug-likeness (QED) is 0.913. The first-order valence-corrected chi connectivity index (χ1v) is 8.03. The number of ether oxygens (including phenoxy) is 1. The molecule has 1 saturated carbocycles. The molecule has 23 heavy (non-hydrogen) atoms. The van der Waals surface area contributed by atoms with Gasteiger partial charge in [-0.1, -0.05) is 12.8 Å². The van der Waals surface area contributed by atoms with Crippen molar-refractivity contribution in [1.82, 2.24) is 10.3 Å². The molecule has 0 radical (unpaired) electrons. The first-order valence-electron chi connectivity index (χ1n) is 8.03. The second-order valence-electron chi connectivity index (χ2n) is 6.13. The van der Waals surface area contributed by atoms with Crippen LogP contribution < -0.4 is 10.1 Å². The summed E-state index contributed by atoms with van der Waals surface area (Å²) in [6.45, 7) is 1.87. The molecule has 2 N–H and O–H groups in total. The third kappa shape index (κ3) is 3.29. The molecule has 122 valence electrons. The van der Waals surface area contributed by atoms with Gasteiger partial charge in [0, 0.05) is 11.1 Å². The van der Waals surface area contributed by atoms with Gasteiger partial charge in [-0.05, 0) is 44.0 Å². The van der Waals surface area contributed by atoms with Gasteiger partial charge in [-0.15, -0.1) is 0 Å². The van der Waals surface area contributed by atoms with E-state index in [1.54, 1.807) is 13.2 Å². The Kier molecular flexibility index (Phi) is 4.48. The van der Waals surface area contributed by atoms with Crippen molar-refractivity contribution < 1.29 is 14.6 Å². The van der Waals surface area contributed by atoms with Gasteiger partial charge >= 0.3 is 0 Å². The molecule has 1 aromatic carbocycles. The highest BCUT2D eigenvalue weighted by Gasteiger charge is 2.25. The minimum Gasteiger partial charge on any atom is -0.497 e. The van der Waals surface area contributed by atoms with Crippen LogP contribution in [0.2, 0.25) is 0 Å². The third-order valence-corrected chi connectivity index (χ3v) is 4.43. The molecule has 3 rings (SSSR count). The molecule has 2 aromatic rings. The maximum absolute atomic E-state index is 12.7. The molecule has 1 fully saturated rings. The van der Waals surface area contributed by atoms with Crippen LogP contribution in [0.4, 0.5) is 0 Å². The Morgan fingerprint density at radius 2 is 2.09 bits per heavy atom. The highest BCUT2D eigenvalue weighted by atomic mass is 16.5. The molecular formula is C18H22N2O3. The maximum Gasteiger partial charge on any atom is 0.252 e. The molecule has 0 aliphatic heterocycles. The van der Waals surface area contributed by atoms with Crippen LogP contribution in [-0.4, -0.2) is 35.3 Å². The summed E-state index contributed by atoms with van der Waals surface area (Å²) in [7, 11) is 1.60. The fraction of sp³-hybridized carbons (Fsp3) is 0.444. The Hall–Kier alpha value is -2.14. The zero-order valence-corrected chi connectivity index (χ0v) is 13.5. The Labute approximate surface area is 135 Å². The van der Waals surface area contributed by atoms with Gasteiger partial charge in [0.25, 0.3) is 5.91 Å². The number of amides is 1. The molecule has 2 unspecified atom stereocenters. The molecule has 0 saturated heterocycles. The molecule has 1 aliphatic rings. The van der Waals surface area contributed by atoms with Crippen LogP contribution in [0.5, 0.6) is 5.75 Å². The van der Waals surface area contributed by atoms with Crippen LogP contribution in [-0.2, 0) is 0 Å². The van der Waals surface area contributed by atoms with E-state index in [0.717, 1.165) is 42.3 Å². The first-order chi connectivity index (χ1) is 11.1. The van der Waals surface area contributed by atoms with Crippen LogP contribution in [0, 0.1) is 6.92 Å². The zero-order valence-electron chi connectivity index (χ0n) is 13.5. The Bertz CT molecular complexity index is 730. The Morgan fingerprint density at radius 3 is 2.83 bits per heavy atom. The molecule has 1 heterocycles. The van der Waals surface area contributed by atoms with Crippen molar-refractivity contribution in [2.75, 3.05) is 7.11 Å². The first kappa shape index (κ1) is 15.7. The number of hydrogen-bond donors (Lipinski definition) is 2. The Balaban J connectivity index is 1.95. The number of rotatable bonds is 3. The van der Waals surface area contributed by atoms with E-state index in [2.05, 4.69) is 10.3 Å². The number of aliphatic hydroxyl groups is 1. The van der Waals surface area contributed by atoms with Crippen LogP contribution in [0.25, 0.3) is 10.9 Å². The van der Waals surface area contributed by atoms with Crippen molar-refractivity contribution >= 4 is 16.8 Å². The average Bonchev–Trinajstić information content (AvgIpc) is 2.55. The van der Waals surface area contributed by atoms with Crippen LogP contribution in [0.1, 0.15) is 41.7 Å². The number of aliphatic hydroxyl groups excluding tert-OH is 1. The highest BCUT2D eigenvalue weighted by molar-refractivity contribution is 6.06. The van der Waals surface area contributed by atoms with Crippen molar-refractivity contribution in [1.29, 1.82) is 0 Å². The van der Waals surface area contributed by atoms with Gasteiger partial charge in [0.05, 0.1) is 30.3 Å². The summed E-state index contributed by atoms with van der Waals surface area (Å²) in [4.78, 5) is 17.2. The fourth-order valence-corrected chi connectivity index (χ4v) is 3.18. The minimum absolute atomic E-state index is 0.167.